The topological polar surface area (TPSA) is 24.9 Å². The lowest BCUT2D eigenvalue weighted by atomic mass is 9.99. The monoisotopic (exact) mass is 308 g/mol. The Bertz CT molecular complexity index is 564. The van der Waals surface area contributed by atoms with Gasteiger partial charge in [-0.3, -0.25) is 4.98 Å². The fourth-order valence-corrected chi connectivity index (χ4v) is 2.80. The van der Waals surface area contributed by atoms with Crippen molar-refractivity contribution in [2.24, 2.45) is 0 Å². The number of rotatable bonds is 5. The molecule has 0 aliphatic carbocycles. The van der Waals surface area contributed by atoms with E-state index < -0.39 is 0 Å². The first-order valence-corrected chi connectivity index (χ1v) is 7.45. The number of hydrogen-bond donors (Lipinski definition) is 1. The molecule has 106 valence electrons. The number of benzene rings is 1. The van der Waals surface area contributed by atoms with Crippen LogP contribution in [-0.2, 0) is 6.42 Å². The summed E-state index contributed by atoms with van der Waals surface area (Å²) in [5, 5.41) is 4.79. The number of aryl methyl sites for hydroxylation is 1. The molecule has 0 fully saturated rings. The summed E-state index contributed by atoms with van der Waals surface area (Å²) in [7, 11) is 0. The zero-order chi connectivity index (χ0) is 14.5. The van der Waals surface area contributed by atoms with Crippen molar-refractivity contribution in [1.29, 1.82) is 0 Å². The van der Waals surface area contributed by atoms with Crippen LogP contribution in [0.2, 0.25) is 10.0 Å². The Balaban J connectivity index is 2.29. The Kier molecular flexibility index (Phi) is 5.41. The van der Waals surface area contributed by atoms with Crippen LogP contribution in [0.3, 0.4) is 0 Å². The van der Waals surface area contributed by atoms with Gasteiger partial charge in [0.1, 0.15) is 0 Å². The van der Waals surface area contributed by atoms with Crippen LogP contribution in [0.1, 0.15) is 29.8 Å². The van der Waals surface area contributed by atoms with Crippen LogP contribution < -0.4 is 5.32 Å². The molecule has 1 aromatic carbocycles. The standard InChI is InChI=1S/C16H18Cl2N2/c1-3-19-16(10-15-11(2)5-4-6-20-15)12-7-13(17)9-14(18)8-12/h4-9,16,19H,3,10H2,1-2H3. The Morgan fingerprint density at radius 2 is 1.90 bits per heavy atom. The number of hydrogen-bond acceptors (Lipinski definition) is 2. The number of pyridine rings is 1. The third kappa shape index (κ3) is 3.95. The highest BCUT2D eigenvalue weighted by Gasteiger charge is 2.14. The maximum absolute atomic E-state index is 6.10. The van der Waals surface area contributed by atoms with E-state index in [1.54, 1.807) is 6.07 Å². The van der Waals surface area contributed by atoms with Gasteiger partial charge in [0.05, 0.1) is 0 Å². The van der Waals surface area contributed by atoms with Crippen molar-refractivity contribution in [2.75, 3.05) is 6.54 Å². The highest BCUT2D eigenvalue weighted by Crippen LogP contribution is 2.26. The molecule has 1 aromatic heterocycles. The van der Waals surface area contributed by atoms with Crippen LogP contribution >= 0.6 is 23.2 Å². The van der Waals surface area contributed by atoms with E-state index in [-0.39, 0.29) is 6.04 Å². The predicted octanol–water partition coefficient (Wildman–Crippen LogP) is 4.59. The molecule has 0 saturated heterocycles. The molecule has 2 rings (SSSR count). The fourth-order valence-electron chi connectivity index (χ4n) is 2.26. The average molecular weight is 309 g/mol. The Hall–Kier alpha value is -1.09. The first-order valence-electron chi connectivity index (χ1n) is 6.70. The SMILES string of the molecule is CCNC(Cc1ncccc1C)c1cc(Cl)cc(Cl)c1. The number of halogens is 2. The molecule has 1 atom stereocenters. The number of likely N-dealkylation sites (N-methyl/N-ethyl adjacent to an activating group) is 1. The summed E-state index contributed by atoms with van der Waals surface area (Å²) in [5.41, 5.74) is 3.38. The maximum Gasteiger partial charge on any atom is 0.0451 e. The van der Waals surface area contributed by atoms with Gasteiger partial charge in [-0.25, -0.2) is 0 Å². The van der Waals surface area contributed by atoms with Crippen LogP contribution in [0.15, 0.2) is 36.5 Å². The molecule has 1 N–H and O–H groups in total. The largest absolute Gasteiger partial charge is 0.310 e. The van der Waals surface area contributed by atoms with E-state index in [2.05, 4.69) is 30.2 Å². The van der Waals surface area contributed by atoms with Gasteiger partial charge in [-0.15, -0.1) is 0 Å². The number of aromatic nitrogens is 1. The smallest absolute Gasteiger partial charge is 0.0451 e. The minimum absolute atomic E-state index is 0.157. The van der Waals surface area contributed by atoms with Crippen molar-refractivity contribution in [3.05, 3.63) is 63.4 Å². The van der Waals surface area contributed by atoms with Gasteiger partial charge in [0.25, 0.3) is 0 Å². The van der Waals surface area contributed by atoms with Gasteiger partial charge in [0, 0.05) is 34.4 Å². The fraction of sp³-hybridized carbons (Fsp3) is 0.312. The quantitative estimate of drug-likeness (QED) is 0.874. The third-order valence-corrected chi connectivity index (χ3v) is 3.69. The molecule has 0 spiro atoms. The second-order valence-corrected chi connectivity index (χ2v) is 5.66. The second-order valence-electron chi connectivity index (χ2n) is 4.78. The van der Waals surface area contributed by atoms with Gasteiger partial charge in [-0.05, 0) is 48.9 Å². The van der Waals surface area contributed by atoms with Crippen LogP contribution in [0.25, 0.3) is 0 Å². The van der Waals surface area contributed by atoms with E-state index in [4.69, 9.17) is 23.2 Å². The van der Waals surface area contributed by atoms with Crippen molar-refractivity contribution in [1.82, 2.24) is 10.3 Å². The Labute approximate surface area is 130 Å². The van der Waals surface area contributed by atoms with Gasteiger partial charge >= 0.3 is 0 Å². The van der Waals surface area contributed by atoms with Gasteiger partial charge in [0.15, 0.2) is 0 Å². The van der Waals surface area contributed by atoms with Crippen molar-refractivity contribution in [3.8, 4) is 0 Å². The van der Waals surface area contributed by atoms with Gasteiger partial charge in [-0.2, -0.15) is 0 Å². The molecule has 0 saturated carbocycles. The zero-order valence-electron chi connectivity index (χ0n) is 11.7. The molecule has 20 heavy (non-hydrogen) atoms. The number of nitrogens with one attached hydrogen (secondary N) is 1. The second kappa shape index (κ2) is 7.07. The molecular weight excluding hydrogens is 291 g/mol. The summed E-state index contributed by atoms with van der Waals surface area (Å²) in [6, 6.07) is 9.86. The van der Waals surface area contributed by atoms with Crippen molar-refractivity contribution < 1.29 is 0 Å². The molecule has 0 radical (unpaired) electrons. The number of nitrogens with zero attached hydrogens (tertiary/aromatic N) is 1. The van der Waals surface area contributed by atoms with Crippen LogP contribution in [0.4, 0.5) is 0 Å². The van der Waals surface area contributed by atoms with Crippen molar-refractivity contribution in [2.45, 2.75) is 26.3 Å². The molecule has 1 heterocycles. The first-order chi connectivity index (χ1) is 9.60. The van der Waals surface area contributed by atoms with Gasteiger partial charge in [0.2, 0.25) is 0 Å². The summed E-state index contributed by atoms with van der Waals surface area (Å²) in [4.78, 5) is 4.46. The summed E-state index contributed by atoms with van der Waals surface area (Å²) in [6.45, 7) is 5.04. The minimum atomic E-state index is 0.157. The van der Waals surface area contributed by atoms with Gasteiger partial charge in [-0.1, -0.05) is 36.2 Å². The van der Waals surface area contributed by atoms with Gasteiger partial charge < -0.3 is 5.32 Å². The van der Waals surface area contributed by atoms with Crippen LogP contribution in [0, 0.1) is 6.92 Å². The summed E-state index contributed by atoms with van der Waals surface area (Å²) in [6.07, 6.45) is 2.65. The molecule has 4 heteroatoms. The Morgan fingerprint density at radius 3 is 2.50 bits per heavy atom. The lowest BCUT2D eigenvalue weighted by Crippen LogP contribution is -2.23. The van der Waals surface area contributed by atoms with E-state index >= 15 is 0 Å². The summed E-state index contributed by atoms with van der Waals surface area (Å²) in [5.74, 6) is 0. The summed E-state index contributed by atoms with van der Waals surface area (Å²) < 4.78 is 0. The molecule has 0 aliphatic rings. The maximum atomic E-state index is 6.10. The minimum Gasteiger partial charge on any atom is -0.310 e. The molecule has 1 unspecified atom stereocenters. The highest BCUT2D eigenvalue weighted by molar-refractivity contribution is 6.34. The molecule has 2 aromatic rings. The third-order valence-electron chi connectivity index (χ3n) is 3.25. The first kappa shape index (κ1) is 15.3. The van der Waals surface area contributed by atoms with Crippen LogP contribution in [-0.4, -0.2) is 11.5 Å². The van der Waals surface area contributed by atoms with E-state index in [0.717, 1.165) is 24.2 Å². The molecule has 0 aliphatic heterocycles. The van der Waals surface area contributed by atoms with E-state index in [0.29, 0.717) is 10.0 Å². The van der Waals surface area contributed by atoms with Crippen molar-refractivity contribution >= 4 is 23.2 Å². The Morgan fingerprint density at radius 1 is 1.20 bits per heavy atom. The predicted molar refractivity (Wildman–Crippen MR) is 85.6 cm³/mol. The molecule has 0 bridgehead atoms. The van der Waals surface area contributed by atoms with Crippen molar-refractivity contribution in [3.63, 3.8) is 0 Å². The zero-order valence-corrected chi connectivity index (χ0v) is 13.2. The lowest BCUT2D eigenvalue weighted by Gasteiger charge is -2.19. The lowest BCUT2D eigenvalue weighted by molar-refractivity contribution is 0.543. The normalized spacial score (nSPS) is 12.4. The molecular formula is C16H18Cl2N2. The van der Waals surface area contributed by atoms with Crippen LogP contribution in [0.5, 0.6) is 0 Å². The molecule has 2 nitrogen and oxygen atoms in total. The van der Waals surface area contributed by atoms with E-state index in [9.17, 15) is 0 Å². The highest BCUT2D eigenvalue weighted by atomic mass is 35.5. The summed E-state index contributed by atoms with van der Waals surface area (Å²) >= 11 is 12.2. The van der Waals surface area contributed by atoms with E-state index in [1.165, 1.54) is 5.56 Å². The van der Waals surface area contributed by atoms with E-state index in [1.807, 2.05) is 24.4 Å². The average Bonchev–Trinajstić information content (AvgIpc) is 2.39. The molecule has 0 amide bonds.